The molecule has 3 nitrogen and oxygen atoms in total. The first kappa shape index (κ1) is 14.8. The van der Waals surface area contributed by atoms with E-state index < -0.39 is 0 Å². The highest BCUT2D eigenvalue weighted by Gasteiger charge is 2.40. The van der Waals surface area contributed by atoms with Crippen molar-refractivity contribution in [2.45, 2.75) is 102 Å². The molecule has 3 aliphatic rings. The predicted molar refractivity (Wildman–Crippen MR) is 82.5 cm³/mol. The minimum Gasteiger partial charge on any atom is -0.370 e. The van der Waals surface area contributed by atoms with Gasteiger partial charge in [0.25, 0.3) is 0 Å². The second-order valence-corrected chi connectivity index (χ2v) is 7.42. The Morgan fingerprint density at radius 2 is 1.65 bits per heavy atom. The zero-order chi connectivity index (χ0) is 14.0. The molecule has 0 aromatic carbocycles. The molecule has 0 radical (unpaired) electrons. The number of nitrogens with one attached hydrogen (secondary N) is 1. The molecule has 3 heteroatoms. The van der Waals surface area contributed by atoms with E-state index in [4.69, 9.17) is 4.74 Å². The smallest absolute Gasteiger partial charge is 0.0722 e. The van der Waals surface area contributed by atoms with E-state index in [0.29, 0.717) is 18.2 Å². The normalized spacial score (nSPS) is 38.4. The van der Waals surface area contributed by atoms with Crippen LogP contribution in [0.25, 0.3) is 0 Å². The van der Waals surface area contributed by atoms with Crippen LogP contribution in [0.3, 0.4) is 0 Å². The maximum atomic E-state index is 6.46. The molecule has 0 aromatic heterocycles. The summed E-state index contributed by atoms with van der Waals surface area (Å²) < 4.78 is 6.46. The maximum Gasteiger partial charge on any atom is 0.0722 e. The Hall–Kier alpha value is -0.120. The minimum absolute atomic E-state index is 0.268. The molecule has 2 heterocycles. The van der Waals surface area contributed by atoms with Gasteiger partial charge in [0, 0.05) is 18.6 Å². The third kappa shape index (κ3) is 3.20. The Kier molecular flexibility index (Phi) is 4.68. The molecule has 2 saturated heterocycles. The fourth-order valence-electron chi connectivity index (χ4n) is 4.54. The van der Waals surface area contributed by atoms with Crippen LogP contribution in [0.4, 0.5) is 0 Å². The fraction of sp³-hybridized carbons (Fsp3) is 1.00. The van der Waals surface area contributed by atoms with Crippen LogP contribution in [-0.2, 0) is 4.74 Å². The van der Waals surface area contributed by atoms with Crippen LogP contribution in [0.1, 0.15) is 78.1 Å². The molecule has 1 saturated carbocycles. The standard InChI is InChI=1S/C17H32N2O/c1-14-7-6-8-15(2)19(14)18-13-16-9-12-17(20-16)10-4-3-5-11-17/h14-16,18H,3-13H2,1-2H3. The van der Waals surface area contributed by atoms with E-state index in [-0.39, 0.29) is 5.60 Å². The van der Waals surface area contributed by atoms with Gasteiger partial charge in [0.15, 0.2) is 0 Å². The summed E-state index contributed by atoms with van der Waals surface area (Å²) in [6.45, 7) is 5.71. The highest BCUT2D eigenvalue weighted by molar-refractivity contribution is 4.92. The van der Waals surface area contributed by atoms with E-state index in [1.165, 1.54) is 64.2 Å². The molecular formula is C17H32N2O. The lowest BCUT2D eigenvalue weighted by molar-refractivity contribution is -0.0721. The van der Waals surface area contributed by atoms with Gasteiger partial charge in [-0.2, -0.15) is 0 Å². The lowest BCUT2D eigenvalue weighted by Gasteiger charge is -2.40. The van der Waals surface area contributed by atoms with E-state index in [1.807, 2.05) is 0 Å². The van der Waals surface area contributed by atoms with Crippen molar-refractivity contribution in [2.24, 2.45) is 0 Å². The summed E-state index contributed by atoms with van der Waals surface area (Å²) in [6, 6.07) is 1.34. The maximum absolute atomic E-state index is 6.46. The Bertz CT molecular complexity index is 304. The van der Waals surface area contributed by atoms with Crippen molar-refractivity contribution in [3.63, 3.8) is 0 Å². The molecule has 1 spiro atoms. The summed E-state index contributed by atoms with van der Waals surface area (Å²) in [5.41, 5.74) is 3.96. The van der Waals surface area contributed by atoms with Gasteiger partial charge in [0.05, 0.1) is 11.7 Å². The monoisotopic (exact) mass is 280 g/mol. The van der Waals surface area contributed by atoms with Gasteiger partial charge in [0.2, 0.25) is 0 Å². The van der Waals surface area contributed by atoms with Crippen molar-refractivity contribution < 1.29 is 4.74 Å². The average molecular weight is 280 g/mol. The van der Waals surface area contributed by atoms with E-state index in [2.05, 4.69) is 24.3 Å². The zero-order valence-corrected chi connectivity index (χ0v) is 13.4. The molecule has 0 amide bonds. The summed E-state index contributed by atoms with van der Waals surface area (Å²) in [4.78, 5) is 0. The third-order valence-electron chi connectivity index (χ3n) is 5.80. The van der Waals surface area contributed by atoms with Crippen LogP contribution in [0.15, 0.2) is 0 Å². The van der Waals surface area contributed by atoms with Crippen LogP contribution in [0, 0.1) is 0 Å². The first-order chi connectivity index (χ1) is 9.69. The number of piperidine rings is 1. The molecule has 0 aromatic rings. The van der Waals surface area contributed by atoms with E-state index >= 15 is 0 Å². The van der Waals surface area contributed by atoms with E-state index in [9.17, 15) is 0 Å². The van der Waals surface area contributed by atoms with Gasteiger partial charge in [-0.3, -0.25) is 5.43 Å². The molecule has 116 valence electrons. The predicted octanol–water partition coefficient (Wildman–Crippen LogP) is 3.64. The van der Waals surface area contributed by atoms with Gasteiger partial charge in [-0.1, -0.05) is 25.7 Å². The molecule has 3 fully saturated rings. The second-order valence-electron chi connectivity index (χ2n) is 7.42. The van der Waals surface area contributed by atoms with Gasteiger partial charge < -0.3 is 4.74 Å². The van der Waals surface area contributed by atoms with E-state index in [1.54, 1.807) is 0 Å². The average Bonchev–Trinajstić information content (AvgIpc) is 2.82. The zero-order valence-electron chi connectivity index (χ0n) is 13.4. The van der Waals surface area contributed by atoms with Crippen molar-refractivity contribution in [3.8, 4) is 0 Å². The number of ether oxygens (including phenoxy) is 1. The summed E-state index contributed by atoms with van der Waals surface area (Å²) >= 11 is 0. The topological polar surface area (TPSA) is 24.5 Å². The summed E-state index contributed by atoms with van der Waals surface area (Å²) in [5.74, 6) is 0. The lowest BCUT2D eigenvalue weighted by atomic mass is 9.83. The van der Waals surface area contributed by atoms with Crippen LogP contribution >= 0.6 is 0 Å². The Morgan fingerprint density at radius 1 is 0.950 bits per heavy atom. The largest absolute Gasteiger partial charge is 0.370 e. The fourth-order valence-corrected chi connectivity index (χ4v) is 4.54. The molecular weight excluding hydrogens is 248 g/mol. The molecule has 0 bridgehead atoms. The molecule has 3 rings (SSSR count). The van der Waals surface area contributed by atoms with Crippen LogP contribution in [0.2, 0.25) is 0 Å². The minimum atomic E-state index is 0.268. The second kappa shape index (κ2) is 6.33. The quantitative estimate of drug-likeness (QED) is 0.854. The van der Waals surface area contributed by atoms with E-state index in [0.717, 1.165) is 6.54 Å². The summed E-state index contributed by atoms with van der Waals surface area (Å²) in [5, 5.41) is 2.48. The molecule has 3 atom stereocenters. The van der Waals surface area contributed by atoms with Crippen molar-refractivity contribution in [1.82, 2.24) is 10.4 Å². The Morgan fingerprint density at radius 3 is 2.35 bits per heavy atom. The van der Waals surface area contributed by atoms with Crippen LogP contribution in [-0.4, -0.2) is 35.3 Å². The van der Waals surface area contributed by atoms with Crippen molar-refractivity contribution in [1.29, 1.82) is 0 Å². The summed E-state index contributed by atoms with van der Waals surface area (Å²) in [7, 11) is 0. The van der Waals surface area contributed by atoms with Crippen molar-refractivity contribution in [3.05, 3.63) is 0 Å². The Labute approximate surface area is 124 Å². The molecule has 1 N–H and O–H groups in total. The van der Waals surface area contributed by atoms with Gasteiger partial charge in [-0.25, -0.2) is 5.01 Å². The molecule has 1 aliphatic carbocycles. The third-order valence-corrected chi connectivity index (χ3v) is 5.80. The van der Waals surface area contributed by atoms with Gasteiger partial charge in [0.1, 0.15) is 0 Å². The van der Waals surface area contributed by atoms with Crippen LogP contribution < -0.4 is 5.43 Å². The number of hydrogen-bond donors (Lipinski definition) is 1. The number of hydrazine groups is 1. The number of hydrogen-bond acceptors (Lipinski definition) is 3. The van der Waals surface area contributed by atoms with Gasteiger partial charge in [-0.15, -0.1) is 0 Å². The van der Waals surface area contributed by atoms with Gasteiger partial charge >= 0.3 is 0 Å². The number of rotatable bonds is 3. The highest BCUT2D eigenvalue weighted by atomic mass is 16.5. The first-order valence-corrected chi connectivity index (χ1v) is 8.88. The first-order valence-electron chi connectivity index (χ1n) is 8.88. The Balaban J connectivity index is 1.47. The van der Waals surface area contributed by atoms with Gasteiger partial charge in [-0.05, 0) is 52.4 Å². The molecule has 2 aliphatic heterocycles. The summed E-state index contributed by atoms with van der Waals surface area (Å²) in [6.07, 6.45) is 13.8. The van der Waals surface area contributed by atoms with Crippen LogP contribution in [0.5, 0.6) is 0 Å². The molecule has 3 unspecified atom stereocenters. The molecule has 20 heavy (non-hydrogen) atoms. The van der Waals surface area contributed by atoms with Crippen molar-refractivity contribution in [2.75, 3.05) is 6.54 Å². The number of nitrogens with zero attached hydrogens (tertiary/aromatic N) is 1. The van der Waals surface area contributed by atoms with Crippen molar-refractivity contribution >= 4 is 0 Å². The lowest BCUT2D eigenvalue weighted by Crippen LogP contribution is -2.53. The SMILES string of the molecule is CC1CCCC(C)N1NCC1CCC2(CCCCC2)O1. The highest BCUT2D eigenvalue weighted by Crippen LogP contribution is 2.41.